The number of rotatable bonds is 5. The van der Waals surface area contributed by atoms with Crippen LogP contribution in [0.3, 0.4) is 0 Å². The van der Waals surface area contributed by atoms with Crippen molar-refractivity contribution in [2.24, 2.45) is 4.99 Å². The van der Waals surface area contributed by atoms with Gasteiger partial charge in [0, 0.05) is 45.3 Å². The van der Waals surface area contributed by atoms with Gasteiger partial charge in [-0.1, -0.05) is 0 Å². The third-order valence-electron chi connectivity index (χ3n) is 4.52. The van der Waals surface area contributed by atoms with E-state index in [1.807, 2.05) is 6.92 Å². The molecule has 1 amide bonds. The minimum Gasteiger partial charge on any atom is -0.459 e. The minimum absolute atomic E-state index is 0.111. The molecule has 0 bridgehead atoms. The smallest absolute Gasteiger partial charge is 0.289 e. The van der Waals surface area contributed by atoms with Crippen LogP contribution < -0.4 is 5.32 Å². The predicted molar refractivity (Wildman–Crippen MR) is 102 cm³/mol. The first-order valence-electron chi connectivity index (χ1n) is 9.38. The number of nitrogens with zero attached hydrogens (tertiary/aromatic N) is 3. The maximum Gasteiger partial charge on any atom is 0.289 e. The molecule has 1 aliphatic rings. The highest BCUT2D eigenvalue weighted by atomic mass is 19.1. The fraction of sp³-hybridized carbons (Fsp3) is 0.400. The van der Waals surface area contributed by atoms with Crippen LogP contribution in [-0.4, -0.2) is 60.9 Å². The average molecular weight is 390 g/mol. The summed E-state index contributed by atoms with van der Waals surface area (Å²) in [6.45, 7) is 5.53. The number of halogens is 2. The molecular weight excluding hydrogens is 366 g/mol. The van der Waals surface area contributed by atoms with E-state index in [0.29, 0.717) is 57.0 Å². The third-order valence-corrected chi connectivity index (χ3v) is 4.52. The molecule has 1 aliphatic heterocycles. The van der Waals surface area contributed by atoms with Crippen LogP contribution in [0.5, 0.6) is 0 Å². The molecule has 0 saturated carbocycles. The molecule has 28 heavy (non-hydrogen) atoms. The summed E-state index contributed by atoms with van der Waals surface area (Å²) in [5.74, 6) is -0.188. The molecule has 2 heterocycles. The van der Waals surface area contributed by atoms with Crippen molar-refractivity contribution >= 4 is 11.9 Å². The van der Waals surface area contributed by atoms with Crippen molar-refractivity contribution in [1.82, 2.24) is 15.1 Å². The lowest BCUT2D eigenvalue weighted by Crippen LogP contribution is -2.53. The Balaban J connectivity index is 1.56. The third kappa shape index (κ3) is 5.09. The second-order valence-corrected chi connectivity index (χ2v) is 6.52. The highest BCUT2D eigenvalue weighted by Crippen LogP contribution is 2.11. The largest absolute Gasteiger partial charge is 0.459 e. The van der Waals surface area contributed by atoms with E-state index in [1.54, 1.807) is 17.0 Å². The van der Waals surface area contributed by atoms with Gasteiger partial charge in [0.05, 0.1) is 6.26 Å². The quantitative estimate of drug-likeness (QED) is 0.630. The summed E-state index contributed by atoms with van der Waals surface area (Å²) in [5, 5.41) is 3.24. The molecule has 1 fully saturated rings. The Bertz CT molecular complexity index is 795. The fourth-order valence-corrected chi connectivity index (χ4v) is 3.15. The molecule has 6 nitrogen and oxygen atoms in total. The fourth-order valence-electron chi connectivity index (χ4n) is 3.15. The summed E-state index contributed by atoms with van der Waals surface area (Å²) in [7, 11) is 0. The van der Waals surface area contributed by atoms with Crippen molar-refractivity contribution in [3.05, 3.63) is 59.6 Å². The zero-order chi connectivity index (χ0) is 19.9. The van der Waals surface area contributed by atoms with Crippen LogP contribution in [0.2, 0.25) is 0 Å². The van der Waals surface area contributed by atoms with Gasteiger partial charge in [-0.05, 0) is 43.2 Å². The number of piperazine rings is 1. The van der Waals surface area contributed by atoms with Crippen molar-refractivity contribution in [2.75, 3.05) is 39.3 Å². The van der Waals surface area contributed by atoms with Gasteiger partial charge in [-0.3, -0.25) is 9.79 Å². The standard InChI is InChI=1S/C20H24F2N4O2/c1-2-23-20(24-6-5-15-12-16(21)14-17(22)13-15)26-9-7-25(8-10-26)19(27)18-4-3-11-28-18/h3-4,11-14H,2,5-10H2,1H3,(H,23,24). The number of carbonyl (C=O) groups excluding carboxylic acids is 1. The Morgan fingerprint density at radius 3 is 2.43 bits per heavy atom. The molecule has 2 aromatic rings. The van der Waals surface area contributed by atoms with Crippen molar-refractivity contribution in [1.29, 1.82) is 0 Å². The molecule has 0 unspecified atom stereocenters. The number of furan rings is 1. The zero-order valence-electron chi connectivity index (χ0n) is 15.8. The van der Waals surface area contributed by atoms with Crippen LogP contribution in [0.4, 0.5) is 8.78 Å². The molecule has 0 aliphatic carbocycles. The van der Waals surface area contributed by atoms with Gasteiger partial charge >= 0.3 is 0 Å². The summed E-state index contributed by atoms with van der Waals surface area (Å²) in [5.41, 5.74) is 0.575. The molecule has 1 N–H and O–H groups in total. The Hall–Kier alpha value is -2.90. The second kappa shape index (κ2) is 9.34. The molecule has 1 aromatic heterocycles. The number of benzene rings is 1. The Morgan fingerprint density at radius 1 is 1.14 bits per heavy atom. The molecule has 0 spiro atoms. The van der Waals surface area contributed by atoms with E-state index < -0.39 is 11.6 Å². The second-order valence-electron chi connectivity index (χ2n) is 6.52. The normalized spacial score (nSPS) is 15.0. The highest BCUT2D eigenvalue weighted by Gasteiger charge is 2.25. The molecule has 3 rings (SSSR count). The Morgan fingerprint density at radius 2 is 1.82 bits per heavy atom. The zero-order valence-corrected chi connectivity index (χ0v) is 15.8. The van der Waals surface area contributed by atoms with Gasteiger partial charge in [-0.25, -0.2) is 8.78 Å². The molecular formula is C20H24F2N4O2. The highest BCUT2D eigenvalue weighted by molar-refractivity contribution is 5.91. The topological polar surface area (TPSA) is 61.1 Å². The maximum absolute atomic E-state index is 13.3. The lowest BCUT2D eigenvalue weighted by molar-refractivity contribution is 0.0657. The molecule has 0 atom stereocenters. The first-order chi connectivity index (χ1) is 13.6. The van der Waals surface area contributed by atoms with Gasteiger partial charge in [0.25, 0.3) is 5.91 Å². The summed E-state index contributed by atoms with van der Waals surface area (Å²) in [6.07, 6.45) is 1.93. The van der Waals surface area contributed by atoms with E-state index in [-0.39, 0.29) is 5.91 Å². The van der Waals surface area contributed by atoms with Crippen LogP contribution >= 0.6 is 0 Å². The summed E-state index contributed by atoms with van der Waals surface area (Å²) in [6, 6.07) is 6.87. The van der Waals surface area contributed by atoms with Crippen molar-refractivity contribution in [2.45, 2.75) is 13.3 Å². The van der Waals surface area contributed by atoms with Gasteiger partial charge in [0.2, 0.25) is 0 Å². The van der Waals surface area contributed by atoms with Gasteiger partial charge in [-0.15, -0.1) is 0 Å². The van der Waals surface area contributed by atoms with E-state index in [1.165, 1.54) is 18.4 Å². The van der Waals surface area contributed by atoms with Crippen molar-refractivity contribution in [3.8, 4) is 0 Å². The Labute approximate surface area is 162 Å². The van der Waals surface area contributed by atoms with Gasteiger partial charge in [0.15, 0.2) is 11.7 Å². The SMILES string of the molecule is CCNC(=NCCc1cc(F)cc(F)c1)N1CCN(C(=O)c2ccco2)CC1. The summed E-state index contributed by atoms with van der Waals surface area (Å²) in [4.78, 5) is 20.8. The number of aliphatic imine (C=N–C) groups is 1. The van der Waals surface area contributed by atoms with E-state index >= 15 is 0 Å². The number of hydrogen-bond acceptors (Lipinski definition) is 3. The number of carbonyl (C=O) groups is 1. The first-order valence-corrected chi connectivity index (χ1v) is 9.38. The van der Waals surface area contributed by atoms with Crippen LogP contribution in [0.15, 0.2) is 46.0 Å². The van der Waals surface area contributed by atoms with Crippen molar-refractivity contribution in [3.63, 3.8) is 0 Å². The number of guanidine groups is 1. The van der Waals surface area contributed by atoms with Crippen LogP contribution in [0.1, 0.15) is 23.0 Å². The van der Waals surface area contributed by atoms with Crippen LogP contribution in [0.25, 0.3) is 0 Å². The average Bonchev–Trinajstić information content (AvgIpc) is 3.21. The molecule has 1 saturated heterocycles. The molecule has 1 aromatic carbocycles. The van der Waals surface area contributed by atoms with Crippen molar-refractivity contribution < 1.29 is 18.0 Å². The van der Waals surface area contributed by atoms with Gasteiger partial charge < -0.3 is 19.5 Å². The minimum atomic E-state index is -0.580. The molecule has 0 radical (unpaired) electrons. The predicted octanol–water partition coefficient (Wildman–Crippen LogP) is 2.52. The molecule has 150 valence electrons. The summed E-state index contributed by atoms with van der Waals surface area (Å²) >= 11 is 0. The van der Waals surface area contributed by atoms with E-state index in [4.69, 9.17) is 4.42 Å². The maximum atomic E-state index is 13.3. The molecule has 8 heteroatoms. The van der Waals surface area contributed by atoms with Gasteiger partial charge in [0.1, 0.15) is 11.6 Å². The lowest BCUT2D eigenvalue weighted by atomic mass is 10.1. The number of hydrogen-bond donors (Lipinski definition) is 1. The lowest BCUT2D eigenvalue weighted by Gasteiger charge is -2.36. The van der Waals surface area contributed by atoms with Crippen LogP contribution in [-0.2, 0) is 6.42 Å². The number of amides is 1. The van der Waals surface area contributed by atoms with Gasteiger partial charge in [-0.2, -0.15) is 0 Å². The van der Waals surface area contributed by atoms with Crippen LogP contribution in [0, 0.1) is 11.6 Å². The van der Waals surface area contributed by atoms with E-state index in [2.05, 4.69) is 15.2 Å². The first kappa shape index (κ1) is 19.9. The van der Waals surface area contributed by atoms with E-state index in [0.717, 1.165) is 12.0 Å². The Kier molecular flexibility index (Phi) is 6.62. The van der Waals surface area contributed by atoms with E-state index in [9.17, 15) is 13.6 Å². The monoisotopic (exact) mass is 390 g/mol. The summed E-state index contributed by atoms with van der Waals surface area (Å²) < 4.78 is 31.8. The number of nitrogens with one attached hydrogen (secondary N) is 1.